The fraction of sp³-hybridized carbons (Fsp3) is 0.625. The van der Waals surface area contributed by atoms with Gasteiger partial charge in [0.2, 0.25) is 0 Å². The van der Waals surface area contributed by atoms with Crippen molar-refractivity contribution in [2.75, 3.05) is 14.2 Å². The molecule has 1 aromatic rings. The number of piperidine rings is 1. The third kappa shape index (κ3) is 2.37. The standard InChI is InChI=1S/C16H24N2O/c1-18-12-5-8-16(18)14(15(17)10-12)9-11-3-6-13(19-2)7-4-11/h3-4,6-7,12,14-16H,5,8-10,17H2,1-2H3/t12-,14-,15-,16-/m1/s1. The molecule has 104 valence electrons. The first-order chi connectivity index (χ1) is 9.19. The first-order valence-corrected chi connectivity index (χ1v) is 7.29. The number of nitrogens with zero attached hydrogens (tertiary/aromatic N) is 1. The molecule has 0 radical (unpaired) electrons. The maximum absolute atomic E-state index is 6.41. The van der Waals surface area contributed by atoms with E-state index in [0.29, 0.717) is 18.0 Å². The van der Waals surface area contributed by atoms with E-state index in [1.54, 1.807) is 7.11 Å². The van der Waals surface area contributed by atoms with Crippen LogP contribution < -0.4 is 10.5 Å². The van der Waals surface area contributed by atoms with Crippen LogP contribution in [0.2, 0.25) is 0 Å². The summed E-state index contributed by atoms with van der Waals surface area (Å²) >= 11 is 0. The molecule has 2 N–H and O–H groups in total. The van der Waals surface area contributed by atoms with E-state index in [9.17, 15) is 0 Å². The molecule has 0 saturated carbocycles. The van der Waals surface area contributed by atoms with E-state index in [1.807, 2.05) is 12.1 Å². The molecule has 0 aromatic heterocycles. The summed E-state index contributed by atoms with van der Waals surface area (Å²) in [7, 11) is 3.98. The Bertz CT molecular complexity index is 431. The number of nitrogens with two attached hydrogens (primary N) is 1. The maximum atomic E-state index is 6.41. The molecule has 3 rings (SSSR count). The molecule has 2 saturated heterocycles. The molecule has 2 heterocycles. The van der Waals surface area contributed by atoms with Crippen molar-refractivity contribution in [3.8, 4) is 5.75 Å². The second kappa shape index (κ2) is 5.14. The van der Waals surface area contributed by atoms with E-state index in [4.69, 9.17) is 10.5 Å². The highest BCUT2D eigenvalue weighted by atomic mass is 16.5. The van der Waals surface area contributed by atoms with Gasteiger partial charge in [0.05, 0.1) is 7.11 Å². The quantitative estimate of drug-likeness (QED) is 0.904. The Morgan fingerprint density at radius 3 is 2.68 bits per heavy atom. The molecule has 19 heavy (non-hydrogen) atoms. The van der Waals surface area contributed by atoms with Gasteiger partial charge in [0.25, 0.3) is 0 Å². The van der Waals surface area contributed by atoms with Gasteiger partial charge in [-0.15, -0.1) is 0 Å². The van der Waals surface area contributed by atoms with Gasteiger partial charge in [-0.05, 0) is 56.3 Å². The monoisotopic (exact) mass is 260 g/mol. The van der Waals surface area contributed by atoms with Gasteiger partial charge in [-0.25, -0.2) is 0 Å². The van der Waals surface area contributed by atoms with E-state index in [-0.39, 0.29) is 0 Å². The molecule has 2 fully saturated rings. The van der Waals surface area contributed by atoms with Gasteiger partial charge < -0.3 is 15.4 Å². The second-order valence-corrected chi connectivity index (χ2v) is 6.08. The van der Waals surface area contributed by atoms with E-state index in [0.717, 1.165) is 24.6 Å². The van der Waals surface area contributed by atoms with Gasteiger partial charge in [-0.1, -0.05) is 12.1 Å². The summed E-state index contributed by atoms with van der Waals surface area (Å²) in [4.78, 5) is 2.57. The predicted octanol–water partition coefficient (Wildman–Crippen LogP) is 2.05. The maximum Gasteiger partial charge on any atom is 0.118 e. The first kappa shape index (κ1) is 12.9. The summed E-state index contributed by atoms with van der Waals surface area (Å²) in [6, 6.07) is 10.2. The highest BCUT2D eigenvalue weighted by Crippen LogP contribution is 2.38. The molecule has 3 nitrogen and oxygen atoms in total. The van der Waals surface area contributed by atoms with Crippen molar-refractivity contribution in [3.63, 3.8) is 0 Å². The van der Waals surface area contributed by atoms with E-state index in [2.05, 4.69) is 24.1 Å². The normalized spacial score (nSPS) is 34.5. The van der Waals surface area contributed by atoms with Crippen molar-refractivity contribution in [2.45, 2.75) is 43.8 Å². The third-order valence-corrected chi connectivity index (χ3v) is 5.11. The van der Waals surface area contributed by atoms with Gasteiger partial charge in [0.1, 0.15) is 5.75 Å². The SMILES string of the molecule is COc1ccc(C[C@@H]2[C@H](N)C[C@H]3CC[C@H]2N3C)cc1. The number of rotatable bonds is 3. The lowest BCUT2D eigenvalue weighted by molar-refractivity contribution is 0.102. The Balaban J connectivity index is 1.73. The average Bonchev–Trinajstić information content (AvgIpc) is 2.68. The Morgan fingerprint density at radius 1 is 1.26 bits per heavy atom. The summed E-state index contributed by atoms with van der Waals surface area (Å²) in [5.41, 5.74) is 7.79. The molecular formula is C16H24N2O. The molecule has 1 aromatic carbocycles. The van der Waals surface area contributed by atoms with Gasteiger partial charge in [0, 0.05) is 18.1 Å². The zero-order valence-electron chi connectivity index (χ0n) is 11.9. The smallest absolute Gasteiger partial charge is 0.118 e. The van der Waals surface area contributed by atoms with Crippen LogP contribution in [0.3, 0.4) is 0 Å². The number of hydrogen-bond acceptors (Lipinski definition) is 3. The van der Waals surface area contributed by atoms with Crippen molar-refractivity contribution < 1.29 is 4.74 Å². The molecular weight excluding hydrogens is 236 g/mol. The number of fused-ring (bicyclic) bond motifs is 2. The van der Waals surface area contributed by atoms with Gasteiger partial charge in [-0.2, -0.15) is 0 Å². The van der Waals surface area contributed by atoms with E-state index >= 15 is 0 Å². The summed E-state index contributed by atoms with van der Waals surface area (Å²) < 4.78 is 5.21. The zero-order valence-corrected chi connectivity index (χ0v) is 11.9. The molecule has 3 heteroatoms. The summed E-state index contributed by atoms with van der Waals surface area (Å²) in [6.07, 6.45) is 4.89. The number of ether oxygens (including phenoxy) is 1. The molecule has 0 aliphatic carbocycles. The molecule has 2 aliphatic rings. The highest BCUT2D eigenvalue weighted by molar-refractivity contribution is 5.28. The molecule has 0 amide bonds. The minimum absolute atomic E-state index is 0.357. The third-order valence-electron chi connectivity index (χ3n) is 5.11. The van der Waals surface area contributed by atoms with Gasteiger partial charge in [-0.3, -0.25) is 0 Å². The van der Waals surface area contributed by atoms with Crippen molar-refractivity contribution in [1.29, 1.82) is 0 Å². The van der Waals surface area contributed by atoms with Crippen LogP contribution in [0.25, 0.3) is 0 Å². The summed E-state index contributed by atoms with van der Waals surface area (Å²) in [5, 5.41) is 0. The Morgan fingerprint density at radius 2 is 2.00 bits per heavy atom. The topological polar surface area (TPSA) is 38.5 Å². The minimum atomic E-state index is 0.357. The number of hydrogen-bond donors (Lipinski definition) is 1. The molecule has 2 bridgehead atoms. The van der Waals surface area contributed by atoms with E-state index in [1.165, 1.54) is 18.4 Å². The molecule has 2 aliphatic heterocycles. The predicted molar refractivity (Wildman–Crippen MR) is 77.4 cm³/mol. The van der Waals surface area contributed by atoms with Crippen LogP contribution >= 0.6 is 0 Å². The molecule has 0 unspecified atom stereocenters. The molecule has 0 spiro atoms. The lowest BCUT2D eigenvalue weighted by Crippen LogP contribution is -2.52. The highest BCUT2D eigenvalue weighted by Gasteiger charge is 2.43. The fourth-order valence-corrected chi connectivity index (χ4v) is 3.94. The Labute approximate surface area is 115 Å². The largest absolute Gasteiger partial charge is 0.497 e. The lowest BCUT2D eigenvalue weighted by Gasteiger charge is -2.41. The number of methoxy groups -OCH3 is 1. The lowest BCUT2D eigenvalue weighted by atomic mass is 9.82. The van der Waals surface area contributed by atoms with Crippen molar-refractivity contribution in [2.24, 2.45) is 11.7 Å². The Kier molecular flexibility index (Phi) is 3.50. The number of benzene rings is 1. The minimum Gasteiger partial charge on any atom is -0.497 e. The van der Waals surface area contributed by atoms with Crippen molar-refractivity contribution in [3.05, 3.63) is 29.8 Å². The van der Waals surface area contributed by atoms with Crippen molar-refractivity contribution >= 4 is 0 Å². The first-order valence-electron chi connectivity index (χ1n) is 7.29. The summed E-state index contributed by atoms with van der Waals surface area (Å²) in [5.74, 6) is 1.52. The van der Waals surface area contributed by atoms with Crippen LogP contribution in [-0.4, -0.2) is 37.2 Å². The zero-order chi connectivity index (χ0) is 13.4. The summed E-state index contributed by atoms with van der Waals surface area (Å²) in [6.45, 7) is 0. The van der Waals surface area contributed by atoms with Crippen LogP contribution in [-0.2, 0) is 6.42 Å². The average molecular weight is 260 g/mol. The second-order valence-electron chi connectivity index (χ2n) is 6.08. The van der Waals surface area contributed by atoms with Crippen LogP contribution in [0.5, 0.6) is 5.75 Å². The van der Waals surface area contributed by atoms with Gasteiger partial charge in [0.15, 0.2) is 0 Å². The fourth-order valence-electron chi connectivity index (χ4n) is 3.94. The van der Waals surface area contributed by atoms with Crippen LogP contribution in [0.1, 0.15) is 24.8 Å². The van der Waals surface area contributed by atoms with Crippen LogP contribution in [0, 0.1) is 5.92 Å². The Hall–Kier alpha value is -1.06. The van der Waals surface area contributed by atoms with Crippen LogP contribution in [0.15, 0.2) is 24.3 Å². The van der Waals surface area contributed by atoms with Crippen LogP contribution in [0.4, 0.5) is 0 Å². The van der Waals surface area contributed by atoms with Crippen molar-refractivity contribution in [1.82, 2.24) is 4.90 Å². The van der Waals surface area contributed by atoms with Gasteiger partial charge >= 0.3 is 0 Å². The van der Waals surface area contributed by atoms with E-state index < -0.39 is 0 Å². The molecule has 4 atom stereocenters.